The molecule has 16 atom stereocenters. The van der Waals surface area contributed by atoms with Crippen LogP contribution in [0.25, 0.3) is 0 Å². The Bertz CT molecular complexity index is 1890. The minimum atomic E-state index is -1.75. The van der Waals surface area contributed by atoms with Crippen molar-refractivity contribution in [2.45, 2.75) is 210 Å². The second-order valence-electron chi connectivity index (χ2n) is 21.3. The fourth-order valence-corrected chi connectivity index (χ4v) is 12.9. The molecular weight excluding hydrogens is 893 g/mol. The summed E-state index contributed by atoms with van der Waals surface area (Å²) in [6.07, 6.45) is 4.63. The number of fused-ring (bicyclic) bond motifs is 5. The lowest BCUT2D eigenvalue weighted by Gasteiger charge is -2.58. The summed E-state index contributed by atoms with van der Waals surface area (Å²) in [4.78, 5) is 40.2. The van der Waals surface area contributed by atoms with Crippen LogP contribution >= 0.6 is 0 Å². The molecule has 0 amide bonds. The molecule has 2 saturated heterocycles. The highest BCUT2D eigenvalue weighted by atomic mass is 16.8. The standard InChI is InChI=1S/C53H80O16/c1-6-7-8-9-10-11-12-13-14-15-26-63-43(58)29-53(61)42(28-39-37-21-18-34-27-35(55)22-24-51(34,3)38(37)23-25-52(39,53)4)67-50-47(66-32(2)54)45(41(57)31-65-50)69-49-46(44(59)40(56)30-64-49)68-48(60)33-16-19-36(62-5)20-17-33/h16-20,35,37-42,44-47,49-50,55-57,59,61H,6-15,21-31H2,1-5H3/t35-,37+,38-,39-,40+,41-,42-,44-,45-,46+,47+,49-,50-,51-,52-,53+/m0/s1. The summed E-state index contributed by atoms with van der Waals surface area (Å²) in [6, 6.07) is 6.05. The molecule has 16 heteroatoms. The van der Waals surface area contributed by atoms with E-state index in [4.69, 9.17) is 37.9 Å². The molecule has 2 aliphatic heterocycles. The number of esters is 3. The van der Waals surface area contributed by atoms with E-state index in [1.165, 1.54) is 70.3 Å². The Morgan fingerprint density at radius 2 is 1.42 bits per heavy atom. The van der Waals surface area contributed by atoms with Crippen LogP contribution in [0, 0.1) is 28.6 Å². The number of aliphatic hydroxyl groups is 5. The molecule has 2 heterocycles. The topological polar surface area (TPSA) is 226 Å². The van der Waals surface area contributed by atoms with Gasteiger partial charge in [0.25, 0.3) is 0 Å². The van der Waals surface area contributed by atoms with Crippen LogP contribution in [-0.2, 0) is 42.7 Å². The van der Waals surface area contributed by atoms with Crippen LogP contribution in [0.4, 0.5) is 0 Å². The predicted octanol–water partition coefficient (Wildman–Crippen LogP) is 6.24. The molecule has 7 rings (SSSR count). The molecule has 1 aromatic carbocycles. The number of carbonyl (C=O) groups excluding carboxylic acids is 3. The molecule has 6 aliphatic rings. The molecule has 0 bridgehead atoms. The molecule has 0 radical (unpaired) electrons. The van der Waals surface area contributed by atoms with E-state index in [9.17, 15) is 39.9 Å². The maximum absolute atomic E-state index is 14.0. The highest BCUT2D eigenvalue weighted by Gasteiger charge is 2.69. The third-order valence-electron chi connectivity index (χ3n) is 16.9. The maximum Gasteiger partial charge on any atom is 0.338 e. The average molecular weight is 973 g/mol. The van der Waals surface area contributed by atoms with Gasteiger partial charge in [-0.25, -0.2) is 4.79 Å². The van der Waals surface area contributed by atoms with E-state index in [1.54, 1.807) is 12.1 Å². The van der Waals surface area contributed by atoms with Gasteiger partial charge in [0.05, 0.1) is 51.1 Å². The van der Waals surface area contributed by atoms with Crippen LogP contribution < -0.4 is 4.74 Å². The Labute approximate surface area is 407 Å². The fourth-order valence-electron chi connectivity index (χ4n) is 12.9. The highest BCUT2D eigenvalue weighted by molar-refractivity contribution is 5.89. The zero-order valence-electron chi connectivity index (χ0n) is 41.5. The van der Waals surface area contributed by atoms with Crippen LogP contribution in [0.3, 0.4) is 0 Å². The molecule has 69 heavy (non-hydrogen) atoms. The molecule has 5 fully saturated rings. The largest absolute Gasteiger partial charge is 0.497 e. The normalized spacial score (nSPS) is 38.5. The van der Waals surface area contributed by atoms with E-state index in [1.807, 2.05) is 6.92 Å². The quantitative estimate of drug-likeness (QED) is 0.0398. The van der Waals surface area contributed by atoms with Gasteiger partial charge in [0.15, 0.2) is 24.8 Å². The molecule has 1 aromatic rings. The van der Waals surface area contributed by atoms with Gasteiger partial charge in [-0.15, -0.1) is 0 Å². The molecule has 388 valence electrons. The summed E-state index contributed by atoms with van der Waals surface area (Å²) in [7, 11) is 1.48. The third kappa shape index (κ3) is 11.9. The van der Waals surface area contributed by atoms with Gasteiger partial charge < -0.3 is 63.4 Å². The van der Waals surface area contributed by atoms with Crippen molar-refractivity contribution in [2.24, 2.45) is 28.6 Å². The predicted molar refractivity (Wildman–Crippen MR) is 250 cm³/mol. The van der Waals surface area contributed by atoms with E-state index in [2.05, 4.69) is 19.9 Å². The number of hydrogen-bond acceptors (Lipinski definition) is 16. The van der Waals surface area contributed by atoms with Gasteiger partial charge in [-0.1, -0.05) is 90.2 Å². The first kappa shape index (κ1) is 53.6. The molecule has 3 saturated carbocycles. The van der Waals surface area contributed by atoms with Crippen molar-refractivity contribution in [3.8, 4) is 5.75 Å². The van der Waals surface area contributed by atoms with Gasteiger partial charge in [-0.2, -0.15) is 0 Å². The van der Waals surface area contributed by atoms with Crippen molar-refractivity contribution in [1.82, 2.24) is 0 Å². The van der Waals surface area contributed by atoms with Gasteiger partial charge in [0.1, 0.15) is 35.8 Å². The lowest BCUT2D eigenvalue weighted by Crippen LogP contribution is -2.63. The summed E-state index contributed by atoms with van der Waals surface area (Å²) in [6.45, 7) is 7.20. The first-order chi connectivity index (χ1) is 33.0. The second-order valence-corrected chi connectivity index (χ2v) is 21.3. The summed E-state index contributed by atoms with van der Waals surface area (Å²) < 4.78 is 47.5. The van der Waals surface area contributed by atoms with Crippen molar-refractivity contribution in [1.29, 1.82) is 0 Å². The Morgan fingerprint density at radius 3 is 2.09 bits per heavy atom. The highest BCUT2D eigenvalue weighted by Crippen LogP contribution is 2.68. The zero-order chi connectivity index (χ0) is 49.5. The lowest BCUT2D eigenvalue weighted by atomic mass is 9.47. The first-order valence-electron chi connectivity index (χ1n) is 25.9. The second kappa shape index (κ2) is 23.6. The summed E-state index contributed by atoms with van der Waals surface area (Å²) in [5.74, 6) is -1.32. The van der Waals surface area contributed by atoms with Crippen molar-refractivity contribution in [3.05, 3.63) is 41.5 Å². The minimum absolute atomic E-state index is 0.0967. The Balaban J connectivity index is 1.10. The number of benzene rings is 1. The fraction of sp³-hybridized carbons (Fsp3) is 0.792. The van der Waals surface area contributed by atoms with E-state index >= 15 is 0 Å². The van der Waals surface area contributed by atoms with Crippen LogP contribution in [0.15, 0.2) is 35.9 Å². The van der Waals surface area contributed by atoms with E-state index in [-0.39, 0.29) is 54.5 Å². The van der Waals surface area contributed by atoms with Crippen LogP contribution in [0.1, 0.15) is 154 Å². The number of unbranched alkanes of at least 4 members (excludes halogenated alkanes) is 9. The van der Waals surface area contributed by atoms with E-state index < -0.39 is 90.8 Å². The van der Waals surface area contributed by atoms with Crippen molar-refractivity contribution >= 4 is 17.9 Å². The SMILES string of the molecule is CCCCCCCCCCCCOC(=O)C[C@@]1(O)[C@@H](O[C@@H]2OC[C@H](O)[C@H](O[C@@H]3OC[C@@H](O)[C@H](O)[C@H]3OC(=O)c3ccc(OC)cc3)[C@H]2OC(C)=O)C[C@H]2[C@@H]3CC=C4C[C@@H](O)CC[C@]4(C)[C@H]3CC[C@@]21C. The Hall–Kier alpha value is -3.19. The number of aliphatic hydroxyl groups excluding tert-OH is 4. The molecule has 0 unspecified atom stereocenters. The van der Waals surface area contributed by atoms with Crippen LogP contribution in [0.5, 0.6) is 5.75 Å². The van der Waals surface area contributed by atoms with Gasteiger partial charge in [0, 0.05) is 12.3 Å². The van der Waals surface area contributed by atoms with Gasteiger partial charge in [-0.3, -0.25) is 9.59 Å². The molecule has 0 spiro atoms. The van der Waals surface area contributed by atoms with Gasteiger partial charge >= 0.3 is 17.9 Å². The number of hydrogen-bond donors (Lipinski definition) is 5. The number of allylic oxidation sites excluding steroid dienone is 1. The zero-order valence-corrected chi connectivity index (χ0v) is 41.5. The minimum Gasteiger partial charge on any atom is -0.497 e. The first-order valence-corrected chi connectivity index (χ1v) is 25.9. The van der Waals surface area contributed by atoms with Crippen molar-refractivity contribution in [3.63, 3.8) is 0 Å². The lowest BCUT2D eigenvalue weighted by molar-refractivity contribution is -0.344. The van der Waals surface area contributed by atoms with Crippen LogP contribution in [-0.4, -0.2) is 137 Å². The Kier molecular flexibility index (Phi) is 18.3. The van der Waals surface area contributed by atoms with Crippen molar-refractivity contribution < 1.29 is 77.8 Å². The number of rotatable bonds is 21. The molecule has 5 N–H and O–H groups in total. The van der Waals surface area contributed by atoms with Crippen molar-refractivity contribution in [2.75, 3.05) is 26.9 Å². The van der Waals surface area contributed by atoms with Gasteiger partial charge in [-0.05, 0) is 98.8 Å². The maximum atomic E-state index is 14.0. The monoisotopic (exact) mass is 973 g/mol. The summed E-state index contributed by atoms with van der Waals surface area (Å²) >= 11 is 0. The molecule has 0 aromatic heterocycles. The third-order valence-corrected chi connectivity index (χ3v) is 16.9. The molecule has 4 aliphatic carbocycles. The van der Waals surface area contributed by atoms with E-state index in [0.717, 1.165) is 51.4 Å². The Morgan fingerprint density at radius 1 is 0.768 bits per heavy atom. The summed E-state index contributed by atoms with van der Waals surface area (Å²) in [5, 5.41) is 57.1. The summed E-state index contributed by atoms with van der Waals surface area (Å²) in [5.41, 5.74) is -1.25. The smallest absolute Gasteiger partial charge is 0.338 e. The van der Waals surface area contributed by atoms with E-state index in [0.29, 0.717) is 25.0 Å². The molecule has 16 nitrogen and oxygen atoms in total. The molecular formula is C53H80O16. The number of methoxy groups -OCH3 is 1. The van der Waals surface area contributed by atoms with Gasteiger partial charge in [0.2, 0.25) is 0 Å². The average Bonchev–Trinajstić information content (AvgIpc) is 3.54. The number of carbonyl (C=O) groups is 3. The number of ether oxygens (including phenoxy) is 8. The van der Waals surface area contributed by atoms with Crippen LogP contribution in [0.2, 0.25) is 0 Å².